The van der Waals surface area contributed by atoms with Gasteiger partial charge in [0.2, 0.25) is 0 Å². The number of nitriles is 1. The summed E-state index contributed by atoms with van der Waals surface area (Å²) >= 11 is 0. The van der Waals surface area contributed by atoms with Crippen LogP contribution in [-0.2, 0) is 0 Å². The summed E-state index contributed by atoms with van der Waals surface area (Å²) in [7, 11) is 0. The molecule has 1 aliphatic carbocycles. The fourth-order valence-corrected chi connectivity index (χ4v) is 4.10. The van der Waals surface area contributed by atoms with Crippen molar-refractivity contribution in [3.05, 3.63) is 29.1 Å². The summed E-state index contributed by atoms with van der Waals surface area (Å²) < 4.78 is 14.0. The molecule has 1 aromatic carbocycles. The zero-order valence-electron chi connectivity index (χ0n) is 14.2. The van der Waals surface area contributed by atoms with E-state index >= 15 is 0 Å². The van der Waals surface area contributed by atoms with Gasteiger partial charge in [-0.05, 0) is 30.9 Å². The van der Waals surface area contributed by atoms with Crippen LogP contribution in [0.25, 0.3) is 0 Å². The summed E-state index contributed by atoms with van der Waals surface area (Å²) in [6.45, 7) is 3.51. The Balaban J connectivity index is 0.00000156. The zero-order valence-corrected chi connectivity index (χ0v) is 15.8. The van der Waals surface area contributed by atoms with E-state index in [-0.39, 0.29) is 36.6 Å². The van der Waals surface area contributed by atoms with E-state index in [4.69, 9.17) is 0 Å². The van der Waals surface area contributed by atoms with Crippen molar-refractivity contribution in [2.45, 2.75) is 38.1 Å². The van der Waals surface area contributed by atoms with Gasteiger partial charge in [-0.1, -0.05) is 19.3 Å². The van der Waals surface area contributed by atoms with E-state index in [2.05, 4.69) is 16.3 Å². The number of halogens is 3. The molecule has 1 saturated carbocycles. The van der Waals surface area contributed by atoms with Gasteiger partial charge in [0, 0.05) is 37.8 Å². The highest BCUT2D eigenvalue weighted by Gasteiger charge is 2.35. The summed E-state index contributed by atoms with van der Waals surface area (Å²) in [6, 6.07) is 4.78. The van der Waals surface area contributed by atoms with Gasteiger partial charge < -0.3 is 10.4 Å². The zero-order chi connectivity index (χ0) is 16.2. The highest BCUT2D eigenvalue weighted by Crippen LogP contribution is 2.43. The van der Waals surface area contributed by atoms with Crippen LogP contribution >= 0.6 is 24.8 Å². The minimum Gasteiger partial charge on any atom is -0.505 e. The number of nitrogens with one attached hydrogen (secondary N) is 1. The number of rotatable bonds is 3. The Labute approximate surface area is 161 Å². The van der Waals surface area contributed by atoms with Crippen LogP contribution in [0.5, 0.6) is 5.75 Å². The van der Waals surface area contributed by atoms with Crippen molar-refractivity contribution in [3.63, 3.8) is 0 Å². The van der Waals surface area contributed by atoms with E-state index in [1.807, 2.05) is 0 Å². The lowest BCUT2D eigenvalue weighted by Gasteiger charge is -2.41. The number of phenols is 1. The van der Waals surface area contributed by atoms with Crippen LogP contribution in [0.3, 0.4) is 0 Å². The summed E-state index contributed by atoms with van der Waals surface area (Å²) in [5, 5.41) is 23.2. The SMILES string of the molecule is Cl.Cl.N#Cc1ccc(F)c(O)c1[C@@H](C1CCCCC1)N1CCNCC1. The quantitative estimate of drug-likeness (QED) is 0.825. The second kappa shape index (κ2) is 10.2. The number of hydrogen-bond acceptors (Lipinski definition) is 4. The maximum Gasteiger partial charge on any atom is 0.165 e. The molecule has 1 heterocycles. The Hall–Kier alpha value is -1.06. The predicted octanol–water partition coefficient (Wildman–Crippen LogP) is 3.77. The van der Waals surface area contributed by atoms with Crippen LogP contribution in [0.2, 0.25) is 0 Å². The third-order valence-electron chi connectivity index (χ3n) is 5.23. The molecule has 2 fully saturated rings. The molecule has 0 spiro atoms. The molecule has 2 aliphatic rings. The second-order valence-corrected chi connectivity index (χ2v) is 6.60. The fraction of sp³-hybridized carbons (Fsp3) is 0.611. The first-order valence-corrected chi connectivity index (χ1v) is 8.58. The van der Waals surface area contributed by atoms with Crippen LogP contribution in [-0.4, -0.2) is 36.2 Å². The van der Waals surface area contributed by atoms with Gasteiger partial charge in [0.15, 0.2) is 11.6 Å². The smallest absolute Gasteiger partial charge is 0.165 e. The second-order valence-electron chi connectivity index (χ2n) is 6.60. The van der Waals surface area contributed by atoms with Crippen molar-refractivity contribution in [1.82, 2.24) is 10.2 Å². The van der Waals surface area contributed by atoms with Gasteiger partial charge in [0.1, 0.15) is 0 Å². The number of phenolic OH excluding ortho intramolecular Hbond substituents is 1. The highest BCUT2D eigenvalue weighted by atomic mass is 35.5. The maximum atomic E-state index is 14.0. The molecule has 0 radical (unpaired) electrons. The minimum atomic E-state index is -0.630. The number of hydrogen-bond donors (Lipinski definition) is 2. The lowest BCUT2D eigenvalue weighted by Crippen LogP contribution is -2.47. The van der Waals surface area contributed by atoms with E-state index in [0.29, 0.717) is 17.0 Å². The molecule has 4 nitrogen and oxygen atoms in total. The first-order chi connectivity index (χ1) is 11.2. The Kier molecular flexibility index (Phi) is 8.95. The molecule has 0 bridgehead atoms. The molecule has 1 saturated heterocycles. The Morgan fingerprint density at radius 2 is 1.80 bits per heavy atom. The average molecular weight is 390 g/mol. The van der Waals surface area contributed by atoms with Gasteiger partial charge in [-0.2, -0.15) is 5.26 Å². The molecule has 25 heavy (non-hydrogen) atoms. The van der Waals surface area contributed by atoms with Crippen molar-refractivity contribution < 1.29 is 9.50 Å². The van der Waals surface area contributed by atoms with Gasteiger partial charge in [-0.15, -0.1) is 24.8 Å². The Morgan fingerprint density at radius 3 is 2.40 bits per heavy atom. The molecule has 140 valence electrons. The minimum absolute atomic E-state index is 0. The highest BCUT2D eigenvalue weighted by molar-refractivity contribution is 5.85. The topological polar surface area (TPSA) is 59.3 Å². The largest absolute Gasteiger partial charge is 0.505 e. The van der Waals surface area contributed by atoms with Crippen LogP contribution in [0.4, 0.5) is 4.39 Å². The standard InChI is InChI=1S/C18H24FN3O.2ClH/c19-15-7-6-14(12-20)16(18(15)23)17(13-4-2-1-3-5-13)22-10-8-21-9-11-22;;/h6-7,13,17,21,23H,1-5,8-11H2;2*1H/t17-;;/m1../s1. The van der Waals surface area contributed by atoms with Gasteiger partial charge in [-0.25, -0.2) is 4.39 Å². The summed E-state index contributed by atoms with van der Waals surface area (Å²) in [5.41, 5.74) is 0.902. The lowest BCUT2D eigenvalue weighted by atomic mass is 9.78. The summed E-state index contributed by atoms with van der Waals surface area (Å²) in [4.78, 5) is 2.32. The monoisotopic (exact) mass is 389 g/mol. The molecule has 3 rings (SSSR count). The Morgan fingerprint density at radius 1 is 1.16 bits per heavy atom. The van der Waals surface area contributed by atoms with Crippen molar-refractivity contribution in [1.29, 1.82) is 5.26 Å². The first-order valence-electron chi connectivity index (χ1n) is 8.58. The number of nitrogens with zero attached hydrogens (tertiary/aromatic N) is 2. The van der Waals surface area contributed by atoms with E-state index in [0.717, 1.165) is 39.0 Å². The van der Waals surface area contributed by atoms with E-state index in [1.54, 1.807) is 0 Å². The summed E-state index contributed by atoms with van der Waals surface area (Å²) in [5.74, 6) is -0.588. The van der Waals surface area contributed by atoms with Gasteiger partial charge in [-0.3, -0.25) is 4.90 Å². The fourth-order valence-electron chi connectivity index (χ4n) is 4.10. The molecular formula is C18H26Cl2FN3O. The maximum absolute atomic E-state index is 14.0. The molecule has 1 aromatic rings. The van der Waals surface area contributed by atoms with Gasteiger partial charge in [0.25, 0.3) is 0 Å². The average Bonchev–Trinajstić information content (AvgIpc) is 2.61. The molecule has 0 unspecified atom stereocenters. The molecule has 0 aromatic heterocycles. The first kappa shape index (κ1) is 22.0. The molecule has 7 heteroatoms. The number of piperazine rings is 1. The molecule has 0 amide bonds. The Bertz CT molecular complexity index is 579. The van der Waals surface area contributed by atoms with Crippen molar-refractivity contribution in [2.75, 3.05) is 26.2 Å². The van der Waals surface area contributed by atoms with Crippen LogP contribution in [0, 0.1) is 23.1 Å². The van der Waals surface area contributed by atoms with Crippen LogP contribution in [0.15, 0.2) is 12.1 Å². The third-order valence-corrected chi connectivity index (χ3v) is 5.23. The van der Waals surface area contributed by atoms with Gasteiger partial charge in [0.05, 0.1) is 11.6 Å². The van der Waals surface area contributed by atoms with E-state index < -0.39 is 5.82 Å². The van der Waals surface area contributed by atoms with E-state index in [1.165, 1.54) is 31.4 Å². The molecule has 1 aliphatic heterocycles. The summed E-state index contributed by atoms with van der Waals surface area (Å²) in [6.07, 6.45) is 5.74. The van der Waals surface area contributed by atoms with Crippen LogP contribution < -0.4 is 5.32 Å². The van der Waals surface area contributed by atoms with Crippen molar-refractivity contribution in [2.24, 2.45) is 5.92 Å². The van der Waals surface area contributed by atoms with Crippen LogP contribution in [0.1, 0.15) is 49.3 Å². The normalized spacial score (nSPS) is 20.0. The van der Waals surface area contributed by atoms with Crippen molar-refractivity contribution >= 4 is 24.8 Å². The van der Waals surface area contributed by atoms with Crippen molar-refractivity contribution in [3.8, 4) is 11.8 Å². The van der Waals surface area contributed by atoms with Gasteiger partial charge >= 0.3 is 0 Å². The molecule has 2 N–H and O–H groups in total. The third kappa shape index (κ3) is 4.77. The molecule has 1 atom stereocenters. The van der Waals surface area contributed by atoms with E-state index in [9.17, 15) is 14.8 Å². The number of benzene rings is 1. The molecular weight excluding hydrogens is 364 g/mol. The predicted molar refractivity (Wildman–Crippen MR) is 101 cm³/mol. The number of aromatic hydroxyl groups is 1. The lowest BCUT2D eigenvalue weighted by molar-refractivity contribution is 0.101.